The van der Waals surface area contributed by atoms with Gasteiger partial charge in [-0.3, -0.25) is 0 Å². The minimum absolute atomic E-state index is 0.201. The molecule has 0 saturated heterocycles. The number of carbonyl (C=O) groups excluding carboxylic acids is 1. The maximum atomic E-state index is 12.6. The van der Waals surface area contributed by atoms with Crippen LogP contribution in [0.4, 0.5) is 13.2 Å². The van der Waals surface area contributed by atoms with Crippen LogP contribution in [0.5, 0.6) is 0 Å². The van der Waals surface area contributed by atoms with Crippen molar-refractivity contribution in [3.8, 4) is 0 Å². The van der Waals surface area contributed by atoms with Gasteiger partial charge in [0.15, 0.2) is 0 Å². The molecule has 0 amide bonds. The van der Waals surface area contributed by atoms with E-state index in [1.54, 1.807) is 0 Å². The Balaban J connectivity index is 3.28. The lowest BCUT2D eigenvalue weighted by Crippen LogP contribution is -2.45. The van der Waals surface area contributed by atoms with E-state index in [4.69, 9.17) is 0 Å². The number of rotatable bonds is 3. The van der Waals surface area contributed by atoms with Crippen LogP contribution in [-0.2, 0) is 21.2 Å². The molecule has 0 saturated carbocycles. The fraction of sp³-hybridized carbons (Fsp3) is 0.417. The lowest BCUT2D eigenvalue weighted by molar-refractivity contribution is -0.148. The molecule has 3 nitrogen and oxygen atoms in total. The van der Waals surface area contributed by atoms with Gasteiger partial charge < -0.3 is 10.1 Å². The Hall–Kier alpha value is -1.56. The van der Waals surface area contributed by atoms with Gasteiger partial charge in [-0.1, -0.05) is 12.1 Å². The maximum absolute atomic E-state index is 12.6. The predicted molar refractivity (Wildman–Crippen MR) is 59.9 cm³/mol. The molecule has 0 radical (unpaired) electrons. The average molecular weight is 261 g/mol. The monoisotopic (exact) mass is 261 g/mol. The number of nitrogens with one attached hydrogen (secondary N) is 1. The Morgan fingerprint density at radius 3 is 2.28 bits per heavy atom. The van der Waals surface area contributed by atoms with Crippen LogP contribution in [-0.4, -0.2) is 20.1 Å². The molecular formula is C12H14F3NO2. The Labute approximate surface area is 103 Å². The highest BCUT2D eigenvalue weighted by Gasteiger charge is 2.37. The van der Waals surface area contributed by atoms with Gasteiger partial charge in [0.1, 0.15) is 5.54 Å². The zero-order valence-electron chi connectivity index (χ0n) is 10.3. The van der Waals surface area contributed by atoms with Crippen LogP contribution in [0.3, 0.4) is 0 Å². The van der Waals surface area contributed by atoms with Gasteiger partial charge in [0.25, 0.3) is 0 Å². The minimum Gasteiger partial charge on any atom is -0.467 e. The van der Waals surface area contributed by atoms with Crippen LogP contribution in [0.25, 0.3) is 0 Å². The van der Waals surface area contributed by atoms with E-state index in [9.17, 15) is 18.0 Å². The number of alkyl halides is 3. The van der Waals surface area contributed by atoms with Crippen molar-refractivity contribution in [2.45, 2.75) is 18.6 Å². The molecule has 0 aliphatic rings. The summed E-state index contributed by atoms with van der Waals surface area (Å²) in [4.78, 5) is 11.7. The van der Waals surface area contributed by atoms with Crippen molar-refractivity contribution < 1.29 is 22.7 Å². The van der Waals surface area contributed by atoms with E-state index in [1.807, 2.05) is 0 Å². The molecular weight excluding hydrogens is 247 g/mol. The number of hydrogen-bond acceptors (Lipinski definition) is 3. The van der Waals surface area contributed by atoms with Gasteiger partial charge in [-0.15, -0.1) is 0 Å². The van der Waals surface area contributed by atoms with Crippen LogP contribution in [0.15, 0.2) is 24.3 Å². The second-order valence-electron chi connectivity index (χ2n) is 3.95. The van der Waals surface area contributed by atoms with Crippen LogP contribution < -0.4 is 5.32 Å². The molecule has 1 aromatic carbocycles. The topological polar surface area (TPSA) is 38.3 Å². The molecule has 0 fully saturated rings. The summed E-state index contributed by atoms with van der Waals surface area (Å²) in [6, 6.07) is 4.60. The van der Waals surface area contributed by atoms with E-state index in [1.165, 1.54) is 33.2 Å². The van der Waals surface area contributed by atoms with Crippen molar-refractivity contribution in [1.29, 1.82) is 0 Å². The van der Waals surface area contributed by atoms with Crippen molar-refractivity contribution in [2.75, 3.05) is 14.2 Å². The van der Waals surface area contributed by atoms with Gasteiger partial charge in [-0.25, -0.2) is 4.79 Å². The summed E-state index contributed by atoms with van der Waals surface area (Å²) in [5, 5.41) is 2.68. The molecule has 0 heterocycles. The largest absolute Gasteiger partial charge is 0.467 e. The smallest absolute Gasteiger partial charge is 0.416 e. The van der Waals surface area contributed by atoms with Crippen LogP contribution >= 0.6 is 0 Å². The minimum atomic E-state index is -4.44. The molecule has 0 aliphatic heterocycles. The summed E-state index contributed by atoms with van der Waals surface area (Å²) in [6.45, 7) is 1.47. The molecule has 18 heavy (non-hydrogen) atoms. The van der Waals surface area contributed by atoms with Gasteiger partial charge in [-0.05, 0) is 31.7 Å². The first-order chi connectivity index (χ1) is 8.25. The second kappa shape index (κ2) is 4.97. The lowest BCUT2D eigenvalue weighted by atomic mass is 9.91. The maximum Gasteiger partial charge on any atom is 0.416 e. The van der Waals surface area contributed by atoms with Crippen molar-refractivity contribution >= 4 is 5.97 Å². The third-order valence-corrected chi connectivity index (χ3v) is 2.86. The highest BCUT2D eigenvalue weighted by atomic mass is 19.4. The van der Waals surface area contributed by atoms with Gasteiger partial charge >= 0.3 is 12.1 Å². The Morgan fingerprint density at radius 2 is 1.83 bits per heavy atom. The van der Waals surface area contributed by atoms with Crippen molar-refractivity contribution in [3.05, 3.63) is 35.4 Å². The SMILES string of the molecule is CNC(C)(C(=O)OC)c1cccc(C(F)(F)F)c1. The zero-order valence-corrected chi connectivity index (χ0v) is 10.3. The van der Waals surface area contributed by atoms with Crippen molar-refractivity contribution in [3.63, 3.8) is 0 Å². The summed E-state index contributed by atoms with van der Waals surface area (Å²) in [5.41, 5.74) is -1.91. The molecule has 1 atom stereocenters. The normalized spacial score (nSPS) is 15.0. The molecule has 6 heteroatoms. The van der Waals surface area contributed by atoms with E-state index in [-0.39, 0.29) is 5.56 Å². The van der Waals surface area contributed by atoms with E-state index in [0.717, 1.165) is 12.1 Å². The summed E-state index contributed by atoms with van der Waals surface area (Å²) < 4.78 is 42.4. The standard InChI is InChI=1S/C12H14F3NO2/c1-11(16-2,10(17)18-3)8-5-4-6-9(7-8)12(13,14)15/h4-7,16H,1-3H3. The highest BCUT2D eigenvalue weighted by Crippen LogP contribution is 2.32. The summed E-state index contributed by atoms with van der Waals surface area (Å²) in [7, 11) is 2.67. The molecule has 1 unspecified atom stereocenters. The van der Waals surface area contributed by atoms with Gasteiger partial charge in [0.05, 0.1) is 12.7 Å². The molecule has 1 rings (SSSR count). The predicted octanol–water partition coefficient (Wildman–Crippen LogP) is 2.31. The first-order valence-electron chi connectivity index (χ1n) is 5.20. The van der Waals surface area contributed by atoms with Gasteiger partial charge in [0, 0.05) is 0 Å². The first-order valence-corrected chi connectivity index (χ1v) is 5.20. The van der Waals surface area contributed by atoms with E-state index < -0.39 is 23.2 Å². The number of halogens is 3. The number of likely N-dealkylation sites (N-methyl/N-ethyl adjacent to an activating group) is 1. The number of esters is 1. The lowest BCUT2D eigenvalue weighted by Gasteiger charge is -2.27. The fourth-order valence-electron chi connectivity index (χ4n) is 1.57. The Kier molecular flexibility index (Phi) is 4.01. The quantitative estimate of drug-likeness (QED) is 0.848. The summed E-state index contributed by atoms with van der Waals surface area (Å²) in [6.07, 6.45) is -4.44. The number of hydrogen-bond donors (Lipinski definition) is 1. The number of carbonyl (C=O) groups is 1. The number of ether oxygens (including phenoxy) is 1. The molecule has 0 aliphatic carbocycles. The van der Waals surface area contributed by atoms with Crippen molar-refractivity contribution in [1.82, 2.24) is 5.32 Å². The summed E-state index contributed by atoms with van der Waals surface area (Å²) >= 11 is 0. The molecule has 0 spiro atoms. The molecule has 0 bridgehead atoms. The van der Waals surface area contributed by atoms with Crippen molar-refractivity contribution in [2.24, 2.45) is 0 Å². The number of methoxy groups -OCH3 is 1. The summed E-state index contributed by atoms with van der Waals surface area (Å²) in [5.74, 6) is -0.649. The van der Waals surface area contributed by atoms with Gasteiger partial charge in [-0.2, -0.15) is 13.2 Å². The first kappa shape index (κ1) is 14.5. The fourth-order valence-corrected chi connectivity index (χ4v) is 1.57. The number of benzene rings is 1. The zero-order chi connectivity index (χ0) is 14.0. The molecule has 1 N–H and O–H groups in total. The second-order valence-corrected chi connectivity index (χ2v) is 3.95. The third-order valence-electron chi connectivity index (χ3n) is 2.86. The third kappa shape index (κ3) is 2.64. The Morgan fingerprint density at radius 1 is 1.28 bits per heavy atom. The van der Waals surface area contributed by atoms with E-state index in [2.05, 4.69) is 10.1 Å². The van der Waals surface area contributed by atoms with Gasteiger partial charge in [0.2, 0.25) is 0 Å². The van der Waals surface area contributed by atoms with E-state index >= 15 is 0 Å². The van der Waals surface area contributed by atoms with Crippen LogP contribution in [0.2, 0.25) is 0 Å². The Bertz CT molecular complexity index is 445. The highest BCUT2D eigenvalue weighted by molar-refractivity contribution is 5.82. The van der Waals surface area contributed by atoms with Crippen LogP contribution in [0, 0.1) is 0 Å². The van der Waals surface area contributed by atoms with E-state index in [0.29, 0.717) is 0 Å². The molecule has 0 aromatic heterocycles. The van der Waals surface area contributed by atoms with Crippen LogP contribution in [0.1, 0.15) is 18.1 Å². The molecule has 1 aromatic rings. The molecule has 100 valence electrons. The average Bonchev–Trinajstić information content (AvgIpc) is 2.36.